The zero-order valence-corrected chi connectivity index (χ0v) is 11.2. The van der Waals surface area contributed by atoms with E-state index in [9.17, 15) is 17.2 Å². The van der Waals surface area contributed by atoms with Gasteiger partial charge in [0.05, 0.1) is 5.69 Å². The van der Waals surface area contributed by atoms with Crippen LogP contribution in [0, 0.1) is 18.6 Å². The fourth-order valence-corrected chi connectivity index (χ4v) is 2.82. The topological polar surface area (TPSA) is 85.1 Å². The van der Waals surface area contributed by atoms with Gasteiger partial charge < -0.3 is 5.73 Å². The van der Waals surface area contributed by atoms with Gasteiger partial charge in [-0.05, 0) is 30.7 Å². The maximum atomic E-state index is 13.6. The second-order valence-electron chi connectivity index (χ2n) is 4.11. The van der Waals surface area contributed by atoms with E-state index in [4.69, 9.17) is 5.73 Å². The molecule has 8 heteroatoms. The molecule has 0 amide bonds. The van der Waals surface area contributed by atoms with Crippen LogP contribution >= 0.6 is 0 Å². The van der Waals surface area contributed by atoms with Gasteiger partial charge in [-0.25, -0.2) is 17.2 Å². The summed E-state index contributed by atoms with van der Waals surface area (Å²) >= 11 is 0. The number of sulfonamides is 1. The Bertz CT molecular complexity index is 763. The van der Waals surface area contributed by atoms with Gasteiger partial charge in [-0.2, -0.15) is 0 Å². The molecule has 0 aliphatic heterocycles. The number of anilines is 2. The van der Waals surface area contributed by atoms with Crippen LogP contribution in [0.2, 0.25) is 0 Å². The number of halogens is 2. The summed E-state index contributed by atoms with van der Waals surface area (Å²) in [6, 6.07) is 2.98. The van der Waals surface area contributed by atoms with Gasteiger partial charge in [0.25, 0.3) is 10.0 Å². The lowest BCUT2D eigenvalue weighted by Gasteiger charge is -2.11. The number of nitrogens with zero attached hydrogens (tertiary/aromatic N) is 1. The van der Waals surface area contributed by atoms with Gasteiger partial charge in [-0.1, -0.05) is 0 Å². The van der Waals surface area contributed by atoms with Crippen molar-refractivity contribution >= 4 is 21.4 Å². The van der Waals surface area contributed by atoms with E-state index in [0.29, 0.717) is 11.6 Å². The number of hydrogen-bond acceptors (Lipinski definition) is 4. The van der Waals surface area contributed by atoms with Gasteiger partial charge in [0.1, 0.15) is 4.90 Å². The van der Waals surface area contributed by atoms with Gasteiger partial charge in [0, 0.05) is 18.1 Å². The summed E-state index contributed by atoms with van der Waals surface area (Å²) in [5.74, 6) is -2.80. The molecule has 0 fully saturated rings. The quantitative estimate of drug-likeness (QED) is 0.849. The molecule has 0 saturated carbocycles. The number of aryl methyl sites for hydroxylation is 1. The molecule has 0 radical (unpaired) electrons. The maximum Gasteiger partial charge on any atom is 0.265 e. The standard InChI is InChI=1S/C12H11F2N3O2S/c1-7-6-16-3-2-10(7)17-20(18,19)11-5-8(15)4-9(13)12(11)14/h2-6H,15H2,1H3,(H,16,17). The molecule has 0 spiro atoms. The first-order chi connectivity index (χ1) is 9.31. The molecule has 1 aromatic heterocycles. The number of aromatic nitrogens is 1. The van der Waals surface area contributed by atoms with Crippen LogP contribution < -0.4 is 10.5 Å². The highest BCUT2D eigenvalue weighted by atomic mass is 32.2. The van der Waals surface area contributed by atoms with Gasteiger partial charge in [-0.3, -0.25) is 9.71 Å². The molecule has 1 heterocycles. The molecule has 1 aromatic carbocycles. The summed E-state index contributed by atoms with van der Waals surface area (Å²) in [5.41, 5.74) is 5.92. The molecule has 2 rings (SSSR count). The molecule has 0 saturated heterocycles. The van der Waals surface area contributed by atoms with Crippen LogP contribution in [0.4, 0.5) is 20.2 Å². The molecule has 106 valence electrons. The van der Waals surface area contributed by atoms with E-state index in [0.717, 1.165) is 6.07 Å². The van der Waals surface area contributed by atoms with E-state index < -0.39 is 26.6 Å². The number of nitrogen functional groups attached to an aromatic ring is 1. The van der Waals surface area contributed by atoms with Crippen LogP contribution in [0.25, 0.3) is 0 Å². The van der Waals surface area contributed by atoms with Gasteiger partial charge in [-0.15, -0.1) is 0 Å². The van der Waals surface area contributed by atoms with Crippen molar-refractivity contribution < 1.29 is 17.2 Å². The SMILES string of the molecule is Cc1cnccc1NS(=O)(=O)c1cc(N)cc(F)c1F. The van der Waals surface area contributed by atoms with Gasteiger partial charge in [0.2, 0.25) is 0 Å². The number of nitrogens with two attached hydrogens (primary N) is 1. The number of nitrogens with one attached hydrogen (secondary N) is 1. The van der Waals surface area contributed by atoms with Crippen molar-refractivity contribution in [3.63, 3.8) is 0 Å². The lowest BCUT2D eigenvalue weighted by Crippen LogP contribution is -2.16. The Hall–Kier alpha value is -2.22. The zero-order chi connectivity index (χ0) is 14.9. The van der Waals surface area contributed by atoms with E-state index in [1.54, 1.807) is 6.92 Å². The third-order valence-electron chi connectivity index (χ3n) is 2.57. The fourth-order valence-electron chi connectivity index (χ4n) is 1.57. The Kier molecular flexibility index (Phi) is 3.58. The fraction of sp³-hybridized carbons (Fsp3) is 0.0833. The lowest BCUT2D eigenvalue weighted by atomic mass is 10.3. The molecule has 20 heavy (non-hydrogen) atoms. The van der Waals surface area contributed by atoms with E-state index in [2.05, 4.69) is 9.71 Å². The lowest BCUT2D eigenvalue weighted by molar-refractivity contribution is 0.486. The Morgan fingerprint density at radius 2 is 2.00 bits per heavy atom. The summed E-state index contributed by atoms with van der Waals surface area (Å²) in [7, 11) is -4.28. The van der Waals surface area contributed by atoms with Crippen molar-refractivity contribution in [2.24, 2.45) is 0 Å². The van der Waals surface area contributed by atoms with E-state index in [1.807, 2.05) is 0 Å². The molecule has 2 aromatic rings. The van der Waals surface area contributed by atoms with Crippen molar-refractivity contribution in [3.05, 3.63) is 47.8 Å². The second-order valence-corrected chi connectivity index (χ2v) is 5.76. The highest BCUT2D eigenvalue weighted by Gasteiger charge is 2.23. The van der Waals surface area contributed by atoms with E-state index in [-0.39, 0.29) is 11.4 Å². The number of pyridine rings is 1. The first-order valence-corrected chi connectivity index (χ1v) is 6.97. The Balaban J connectivity index is 2.49. The first kappa shape index (κ1) is 14.2. The van der Waals surface area contributed by atoms with Crippen LogP contribution in [0.5, 0.6) is 0 Å². The van der Waals surface area contributed by atoms with Gasteiger partial charge in [0.15, 0.2) is 11.6 Å². The summed E-state index contributed by atoms with van der Waals surface area (Å²) < 4.78 is 53.2. The average molecular weight is 299 g/mol. The molecular formula is C12H11F2N3O2S. The summed E-state index contributed by atoms with van der Waals surface area (Å²) in [5, 5.41) is 0. The normalized spacial score (nSPS) is 11.3. The third-order valence-corrected chi connectivity index (χ3v) is 3.94. The molecule has 3 N–H and O–H groups in total. The van der Waals surface area contributed by atoms with E-state index in [1.165, 1.54) is 18.5 Å². The number of rotatable bonds is 3. The Labute approximate surface area is 114 Å². The van der Waals surface area contributed by atoms with Crippen LogP contribution in [0.1, 0.15) is 5.56 Å². The van der Waals surface area contributed by atoms with Crippen LogP contribution in [-0.2, 0) is 10.0 Å². The van der Waals surface area contributed by atoms with Crippen molar-refractivity contribution in [2.45, 2.75) is 11.8 Å². The molecule has 0 atom stereocenters. The van der Waals surface area contributed by atoms with E-state index >= 15 is 0 Å². The second kappa shape index (κ2) is 5.04. The minimum atomic E-state index is -4.28. The molecule has 0 aliphatic rings. The van der Waals surface area contributed by atoms with Crippen molar-refractivity contribution in [1.82, 2.24) is 4.98 Å². The molecule has 0 aliphatic carbocycles. The minimum absolute atomic E-state index is 0.185. The van der Waals surface area contributed by atoms with Crippen molar-refractivity contribution in [3.8, 4) is 0 Å². The summed E-state index contributed by atoms with van der Waals surface area (Å²) in [6.07, 6.45) is 2.81. The predicted octanol–water partition coefficient (Wildman–Crippen LogP) is 2.05. The van der Waals surface area contributed by atoms with Crippen LogP contribution in [0.15, 0.2) is 35.5 Å². The first-order valence-electron chi connectivity index (χ1n) is 5.49. The Morgan fingerprint density at radius 1 is 1.30 bits per heavy atom. The number of benzene rings is 1. The smallest absolute Gasteiger partial charge is 0.265 e. The summed E-state index contributed by atoms with van der Waals surface area (Å²) in [6.45, 7) is 1.63. The van der Waals surface area contributed by atoms with Gasteiger partial charge >= 0.3 is 0 Å². The van der Waals surface area contributed by atoms with Crippen LogP contribution in [-0.4, -0.2) is 13.4 Å². The van der Waals surface area contributed by atoms with Crippen LogP contribution in [0.3, 0.4) is 0 Å². The Morgan fingerprint density at radius 3 is 2.65 bits per heavy atom. The maximum absolute atomic E-state index is 13.6. The molecule has 0 unspecified atom stereocenters. The zero-order valence-electron chi connectivity index (χ0n) is 10.4. The average Bonchev–Trinajstić information content (AvgIpc) is 2.36. The molecule has 5 nitrogen and oxygen atoms in total. The summed E-state index contributed by atoms with van der Waals surface area (Å²) in [4.78, 5) is 2.96. The number of hydrogen-bond donors (Lipinski definition) is 2. The van der Waals surface area contributed by atoms with Crippen molar-refractivity contribution in [1.29, 1.82) is 0 Å². The third kappa shape index (κ3) is 2.69. The predicted molar refractivity (Wildman–Crippen MR) is 70.6 cm³/mol. The highest BCUT2D eigenvalue weighted by molar-refractivity contribution is 7.92. The monoisotopic (exact) mass is 299 g/mol. The molecular weight excluding hydrogens is 288 g/mol. The minimum Gasteiger partial charge on any atom is -0.399 e. The molecule has 0 bridgehead atoms. The van der Waals surface area contributed by atoms with Crippen molar-refractivity contribution in [2.75, 3.05) is 10.5 Å². The largest absolute Gasteiger partial charge is 0.399 e. The highest BCUT2D eigenvalue weighted by Crippen LogP contribution is 2.24.